The molecule has 0 saturated carbocycles. The van der Waals surface area contributed by atoms with Gasteiger partial charge in [-0.05, 0) is 28.3 Å². The third-order valence-electron chi connectivity index (χ3n) is 2.41. The smallest absolute Gasteiger partial charge is 0.271 e. The molecule has 3 N–H and O–H groups in total. The van der Waals surface area contributed by atoms with Crippen molar-refractivity contribution in [2.24, 2.45) is 11.7 Å². The second-order valence-corrected chi connectivity index (χ2v) is 5.21. The number of rotatable bonds is 4. The Hall–Kier alpha value is -1.14. The van der Waals surface area contributed by atoms with Gasteiger partial charge in [0.25, 0.3) is 5.69 Å². The first kappa shape index (κ1) is 13.9. The van der Waals surface area contributed by atoms with E-state index in [1.165, 1.54) is 12.1 Å². The van der Waals surface area contributed by atoms with Crippen molar-refractivity contribution in [3.8, 4) is 5.75 Å². The van der Waals surface area contributed by atoms with Crippen LogP contribution in [0.1, 0.15) is 31.9 Å². The fourth-order valence-corrected chi connectivity index (χ4v) is 2.09. The van der Waals surface area contributed by atoms with E-state index in [-0.39, 0.29) is 11.4 Å². The van der Waals surface area contributed by atoms with Crippen molar-refractivity contribution in [1.29, 1.82) is 0 Å². The van der Waals surface area contributed by atoms with E-state index in [0.717, 1.165) is 0 Å². The monoisotopic (exact) mass is 302 g/mol. The Balaban J connectivity index is 3.17. The summed E-state index contributed by atoms with van der Waals surface area (Å²) in [5.74, 6) is 0.325. The molecule has 0 heterocycles. The lowest BCUT2D eigenvalue weighted by molar-refractivity contribution is -0.385. The van der Waals surface area contributed by atoms with Gasteiger partial charge in [-0.15, -0.1) is 0 Å². The van der Waals surface area contributed by atoms with E-state index in [1.54, 1.807) is 0 Å². The topological polar surface area (TPSA) is 89.4 Å². The summed E-state index contributed by atoms with van der Waals surface area (Å²) in [7, 11) is 0. The van der Waals surface area contributed by atoms with Crippen LogP contribution in [0.2, 0.25) is 0 Å². The van der Waals surface area contributed by atoms with Crippen LogP contribution >= 0.6 is 15.9 Å². The highest BCUT2D eigenvalue weighted by Crippen LogP contribution is 2.36. The summed E-state index contributed by atoms with van der Waals surface area (Å²) < 4.78 is 0.293. The molecule has 1 rings (SSSR count). The molecular formula is C11H15BrN2O3. The predicted octanol–water partition coefficient (Wildman–Crippen LogP) is 3.11. The van der Waals surface area contributed by atoms with Crippen LogP contribution in [0.3, 0.4) is 0 Å². The van der Waals surface area contributed by atoms with Crippen molar-refractivity contribution >= 4 is 21.6 Å². The summed E-state index contributed by atoms with van der Waals surface area (Å²) >= 11 is 3.09. The van der Waals surface area contributed by atoms with Gasteiger partial charge in [0.1, 0.15) is 5.75 Å². The number of phenolic OH excluding ortho intramolecular Hbond substituents is 1. The maximum atomic E-state index is 10.7. The van der Waals surface area contributed by atoms with Gasteiger partial charge >= 0.3 is 0 Å². The standard InChI is InChI=1S/C11H15BrN2O3/c1-6(2)3-10(13)8-4-7(14(16)17)5-9(12)11(8)15/h4-6,10,15H,3,13H2,1-2H3/t10-/m1/s1. The van der Waals surface area contributed by atoms with E-state index in [4.69, 9.17) is 5.73 Å². The molecule has 94 valence electrons. The number of nitro groups is 1. The molecule has 0 amide bonds. The molecule has 0 spiro atoms. The van der Waals surface area contributed by atoms with Gasteiger partial charge in [0.05, 0.1) is 9.40 Å². The number of nitrogens with two attached hydrogens (primary N) is 1. The molecule has 0 unspecified atom stereocenters. The van der Waals surface area contributed by atoms with Gasteiger partial charge in [-0.3, -0.25) is 10.1 Å². The van der Waals surface area contributed by atoms with Crippen molar-refractivity contribution in [2.75, 3.05) is 0 Å². The largest absolute Gasteiger partial charge is 0.506 e. The molecule has 1 atom stereocenters. The minimum Gasteiger partial charge on any atom is -0.506 e. The molecule has 0 aliphatic rings. The lowest BCUT2D eigenvalue weighted by Gasteiger charge is -2.16. The van der Waals surface area contributed by atoms with E-state index in [0.29, 0.717) is 22.4 Å². The summed E-state index contributed by atoms with van der Waals surface area (Å²) in [6.07, 6.45) is 0.654. The molecule has 0 aromatic heterocycles. The van der Waals surface area contributed by atoms with Crippen LogP contribution in [0.25, 0.3) is 0 Å². The van der Waals surface area contributed by atoms with Crippen molar-refractivity contribution in [3.05, 3.63) is 32.3 Å². The van der Waals surface area contributed by atoms with E-state index in [9.17, 15) is 15.2 Å². The number of non-ortho nitro benzene ring substituents is 1. The number of hydrogen-bond acceptors (Lipinski definition) is 4. The normalized spacial score (nSPS) is 12.8. The first-order valence-electron chi connectivity index (χ1n) is 5.25. The SMILES string of the molecule is CC(C)C[C@@H](N)c1cc([N+](=O)[O-])cc(Br)c1O. The van der Waals surface area contributed by atoms with Gasteiger partial charge in [0, 0.05) is 23.7 Å². The minimum absolute atomic E-state index is 0.0243. The predicted molar refractivity (Wildman–Crippen MR) is 68.8 cm³/mol. The molecule has 1 aromatic carbocycles. The van der Waals surface area contributed by atoms with Crippen LogP contribution < -0.4 is 5.73 Å². The second-order valence-electron chi connectivity index (χ2n) is 4.36. The lowest BCUT2D eigenvalue weighted by Crippen LogP contribution is -2.13. The minimum atomic E-state index is -0.504. The number of aromatic hydroxyl groups is 1. The highest BCUT2D eigenvalue weighted by Gasteiger charge is 2.19. The zero-order chi connectivity index (χ0) is 13.2. The van der Waals surface area contributed by atoms with Crippen LogP contribution in [0.4, 0.5) is 5.69 Å². The van der Waals surface area contributed by atoms with E-state index in [2.05, 4.69) is 15.9 Å². The maximum absolute atomic E-state index is 10.7. The zero-order valence-corrected chi connectivity index (χ0v) is 11.3. The van der Waals surface area contributed by atoms with Gasteiger partial charge in [0.15, 0.2) is 0 Å². The number of phenols is 1. The third kappa shape index (κ3) is 3.41. The average Bonchev–Trinajstić information content (AvgIpc) is 2.20. The molecule has 0 radical (unpaired) electrons. The summed E-state index contributed by atoms with van der Waals surface area (Å²) in [5, 5.41) is 20.6. The van der Waals surface area contributed by atoms with Crippen molar-refractivity contribution in [1.82, 2.24) is 0 Å². The number of nitro benzene ring substituents is 1. The molecule has 17 heavy (non-hydrogen) atoms. The molecule has 0 bridgehead atoms. The molecule has 5 nitrogen and oxygen atoms in total. The summed E-state index contributed by atoms with van der Waals surface area (Å²) in [6, 6.07) is 2.18. The van der Waals surface area contributed by atoms with E-state index >= 15 is 0 Å². The van der Waals surface area contributed by atoms with Crippen molar-refractivity contribution in [3.63, 3.8) is 0 Å². The molecule has 0 fully saturated rings. The Labute approximate surface area is 108 Å². The van der Waals surface area contributed by atoms with Crippen LogP contribution in [-0.2, 0) is 0 Å². The van der Waals surface area contributed by atoms with Crippen LogP contribution in [0, 0.1) is 16.0 Å². The third-order valence-corrected chi connectivity index (χ3v) is 3.02. The van der Waals surface area contributed by atoms with Crippen LogP contribution in [0.15, 0.2) is 16.6 Å². The number of hydrogen-bond donors (Lipinski definition) is 2. The molecular weight excluding hydrogens is 288 g/mol. The quantitative estimate of drug-likeness (QED) is 0.660. The Morgan fingerprint density at radius 1 is 1.53 bits per heavy atom. The molecule has 0 aliphatic heterocycles. The zero-order valence-electron chi connectivity index (χ0n) is 9.68. The first-order valence-corrected chi connectivity index (χ1v) is 6.04. The summed E-state index contributed by atoms with van der Waals surface area (Å²) in [6.45, 7) is 4.01. The Morgan fingerprint density at radius 2 is 2.12 bits per heavy atom. The number of halogens is 1. The Morgan fingerprint density at radius 3 is 2.59 bits per heavy atom. The van der Waals surface area contributed by atoms with Gasteiger partial charge in [-0.1, -0.05) is 13.8 Å². The number of nitrogens with zero attached hydrogens (tertiary/aromatic N) is 1. The lowest BCUT2D eigenvalue weighted by atomic mass is 9.97. The number of benzene rings is 1. The maximum Gasteiger partial charge on any atom is 0.271 e. The average molecular weight is 303 g/mol. The molecule has 1 aromatic rings. The highest BCUT2D eigenvalue weighted by atomic mass is 79.9. The van der Waals surface area contributed by atoms with E-state index < -0.39 is 11.0 Å². The Bertz CT molecular complexity index is 435. The summed E-state index contributed by atoms with van der Waals surface area (Å²) in [4.78, 5) is 10.2. The van der Waals surface area contributed by atoms with E-state index in [1.807, 2.05) is 13.8 Å². The molecule has 0 saturated heterocycles. The van der Waals surface area contributed by atoms with Crippen molar-refractivity contribution < 1.29 is 10.0 Å². The fourth-order valence-electron chi connectivity index (χ4n) is 1.63. The van der Waals surface area contributed by atoms with Gasteiger partial charge in [-0.2, -0.15) is 0 Å². The Kier molecular flexibility index (Phi) is 4.47. The first-order chi connectivity index (χ1) is 7.82. The molecule has 6 heteroatoms. The second kappa shape index (κ2) is 5.46. The molecule has 0 aliphatic carbocycles. The van der Waals surface area contributed by atoms with Crippen LogP contribution in [-0.4, -0.2) is 10.0 Å². The fraction of sp³-hybridized carbons (Fsp3) is 0.455. The van der Waals surface area contributed by atoms with Gasteiger partial charge in [0.2, 0.25) is 0 Å². The highest BCUT2D eigenvalue weighted by molar-refractivity contribution is 9.10. The van der Waals surface area contributed by atoms with Gasteiger partial charge < -0.3 is 10.8 Å². The van der Waals surface area contributed by atoms with Crippen LogP contribution in [0.5, 0.6) is 5.75 Å². The summed E-state index contributed by atoms with van der Waals surface area (Å²) in [5.41, 5.74) is 6.25. The van der Waals surface area contributed by atoms with Gasteiger partial charge in [-0.25, -0.2) is 0 Å². The van der Waals surface area contributed by atoms with Crippen molar-refractivity contribution in [2.45, 2.75) is 26.3 Å².